The van der Waals surface area contributed by atoms with Crippen LogP contribution in [0.5, 0.6) is 5.75 Å². The van der Waals surface area contributed by atoms with Crippen LogP contribution in [0.3, 0.4) is 0 Å². The van der Waals surface area contributed by atoms with Gasteiger partial charge < -0.3 is 19.5 Å². The second-order valence-corrected chi connectivity index (χ2v) is 6.76. The Labute approximate surface area is 158 Å². The number of hydrogen-bond donors (Lipinski definition) is 1. The third kappa shape index (κ3) is 3.45. The number of methoxy groups -OCH3 is 1. The van der Waals surface area contributed by atoms with Crippen LogP contribution in [0.1, 0.15) is 24.7 Å². The van der Waals surface area contributed by atoms with Crippen molar-refractivity contribution in [1.29, 1.82) is 0 Å². The van der Waals surface area contributed by atoms with Crippen LogP contribution in [0.2, 0.25) is 0 Å². The summed E-state index contributed by atoms with van der Waals surface area (Å²) in [6.07, 6.45) is 3.57. The van der Waals surface area contributed by atoms with Crippen molar-refractivity contribution < 1.29 is 9.53 Å². The first-order chi connectivity index (χ1) is 13.2. The number of imidazole rings is 1. The van der Waals surface area contributed by atoms with Gasteiger partial charge in [0.1, 0.15) is 17.1 Å². The normalized spacial score (nSPS) is 15.1. The van der Waals surface area contributed by atoms with Crippen molar-refractivity contribution in [2.45, 2.75) is 25.8 Å². The van der Waals surface area contributed by atoms with Gasteiger partial charge in [0.15, 0.2) is 5.65 Å². The number of likely N-dealkylation sites (tertiary alicyclic amines) is 1. The highest BCUT2D eigenvalue weighted by molar-refractivity contribution is 5.89. The van der Waals surface area contributed by atoms with Gasteiger partial charge in [-0.15, -0.1) is 0 Å². The molecule has 1 N–H and O–H groups in total. The number of aryl methyl sites for hydroxylation is 1. The molecule has 27 heavy (non-hydrogen) atoms. The number of piperidine rings is 1. The molecule has 1 aromatic carbocycles. The number of carbonyl (C=O) groups excluding carboxylic acids is 1. The minimum Gasteiger partial charge on any atom is -0.497 e. The number of anilines is 1. The van der Waals surface area contributed by atoms with Crippen molar-refractivity contribution in [3.8, 4) is 5.75 Å². The fourth-order valence-electron chi connectivity index (χ4n) is 3.71. The molecule has 0 unspecified atom stereocenters. The number of pyridine rings is 1. The molecular weight excluding hydrogens is 342 g/mol. The van der Waals surface area contributed by atoms with E-state index in [0.717, 1.165) is 41.3 Å². The molecule has 0 atom stereocenters. The molecule has 0 saturated carbocycles. The summed E-state index contributed by atoms with van der Waals surface area (Å²) < 4.78 is 7.42. The zero-order chi connectivity index (χ0) is 18.8. The average Bonchev–Trinajstić information content (AvgIpc) is 3.04. The number of rotatable bonds is 3. The number of nitrogens with zero attached hydrogens (tertiary/aromatic N) is 4. The summed E-state index contributed by atoms with van der Waals surface area (Å²) in [6.45, 7) is 3.42. The summed E-state index contributed by atoms with van der Waals surface area (Å²) >= 11 is 0. The molecule has 0 spiro atoms. The lowest BCUT2D eigenvalue weighted by Crippen LogP contribution is -2.41. The van der Waals surface area contributed by atoms with Crippen LogP contribution in [0, 0.1) is 6.92 Å². The van der Waals surface area contributed by atoms with Gasteiger partial charge in [-0.05, 0) is 44.0 Å². The molecule has 1 aliphatic heterocycles. The summed E-state index contributed by atoms with van der Waals surface area (Å²) in [4.78, 5) is 23.6. The van der Waals surface area contributed by atoms with E-state index in [4.69, 9.17) is 4.74 Å². The molecule has 2 aromatic heterocycles. The van der Waals surface area contributed by atoms with Crippen molar-refractivity contribution in [3.63, 3.8) is 0 Å². The molecule has 0 radical (unpaired) electrons. The number of hydrogen-bond acceptors (Lipinski definition) is 4. The number of nitrogens with one attached hydrogen (secondary N) is 1. The fourth-order valence-corrected chi connectivity index (χ4v) is 3.71. The highest BCUT2D eigenvalue weighted by Gasteiger charge is 2.26. The summed E-state index contributed by atoms with van der Waals surface area (Å²) in [7, 11) is 1.61. The van der Waals surface area contributed by atoms with Gasteiger partial charge in [0, 0.05) is 37.1 Å². The smallest absolute Gasteiger partial charge is 0.321 e. The topological polar surface area (TPSA) is 72.3 Å². The molecule has 1 fully saturated rings. The molecule has 2 amide bonds. The molecule has 140 valence electrons. The van der Waals surface area contributed by atoms with E-state index in [-0.39, 0.29) is 6.03 Å². The molecule has 1 aliphatic rings. The van der Waals surface area contributed by atoms with E-state index in [1.54, 1.807) is 13.3 Å². The standard InChI is InChI=1S/C20H23N5O2/c1-14-22-18-7-4-10-21-19(18)25(14)16-8-11-24(12-9-16)20(26)23-15-5-3-6-17(13-15)27-2/h3-7,10,13,16H,8-9,11-12H2,1-2H3,(H,23,26). The molecule has 0 bridgehead atoms. The highest BCUT2D eigenvalue weighted by Crippen LogP contribution is 2.28. The van der Waals surface area contributed by atoms with Gasteiger partial charge >= 0.3 is 6.03 Å². The van der Waals surface area contributed by atoms with Crippen molar-refractivity contribution in [2.75, 3.05) is 25.5 Å². The van der Waals surface area contributed by atoms with Crippen LogP contribution >= 0.6 is 0 Å². The van der Waals surface area contributed by atoms with Crippen molar-refractivity contribution in [2.24, 2.45) is 0 Å². The third-order valence-corrected chi connectivity index (χ3v) is 5.06. The number of carbonyl (C=O) groups is 1. The SMILES string of the molecule is COc1cccc(NC(=O)N2CCC(n3c(C)nc4cccnc43)CC2)c1. The Morgan fingerprint density at radius 1 is 1.22 bits per heavy atom. The van der Waals surface area contributed by atoms with Crippen molar-refractivity contribution >= 4 is 22.9 Å². The van der Waals surface area contributed by atoms with Crippen LogP contribution < -0.4 is 10.1 Å². The summed E-state index contributed by atoms with van der Waals surface area (Å²) in [6, 6.07) is 11.5. The lowest BCUT2D eigenvalue weighted by atomic mass is 10.0. The molecule has 1 saturated heterocycles. The minimum atomic E-state index is -0.0768. The van der Waals surface area contributed by atoms with Crippen molar-refractivity contribution in [1.82, 2.24) is 19.4 Å². The lowest BCUT2D eigenvalue weighted by molar-refractivity contribution is 0.184. The van der Waals surface area contributed by atoms with E-state index in [1.807, 2.05) is 48.2 Å². The first kappa shape index (κ1) is 17.3. The van der Waals surface area contributed by atoms with Gasteiger partial charge in [0.2, 0.25) is 0 Å². The molecule has 7 nitrogen and oxygen atoms in total. The summed E-state index contributed by atoms with van der Waals surface area (Å²) in [5, 5.41) is 2.95. The Hall–Kier alpha value is -3.09. The van der Waals surface area contributed by atoms with E-state index < -0.39 is 0 Å². The highest BCUT2D eigenvalue weighted by atomic mass is 16.5. The number of benzene rings is 1. The van der Waals surface area contributed by atoms with E-state index in [0.29, 0.717) is 19.1 Å². The number of urea groups is 1. The molecule has 3 heterocycles. The van der Waals surface area contributed by atoms with E-state index in [9.17, 15) is 4.79 Å². The third-order valence-electron chi connectivity index (χ3n) is 5.06. The van der Waals surface area contributed by atoms with Crippen LogP contribution in [0.25, 0.3) is 11.2 Å². The molecule has 3 aromatic rings. The van der Waals surface area contributed by atoms with Gasteiger partial charge in [0.25, 0.3) is 0 Å². The Kier molecular flexibility index (Phi) is 4.66. The Bertz CT molecular complexity index is 960. The zero-order valence-corrected chi connectivity index (χ0v) is 15.6. The van der Waals surface area contributed by atoms with Crippen molar-refractivity contribution in [3.05, 3.63) is 48.4 Å². The first-order valence-electron chi connectivity index (χ1n) is 9.15. The van der Waals surface area contributed by atoms with Crippen LogP contribution in [-0.4, -0.2) is 45.7 Å². The second-order valence-electron chi connectivity index (χ2n) is 6.76. The van der Waals surface area contributed by atoms with E-state index in [2.05, 4.69) is 19.9 Å². The number of ether oxygens (including phenoxy) is 1. The van der Waals surface area contributed by atoms with Gasteiger partial charge in [-0.25, -0.2) is 14.8 Å². The van der Waals surface area contributed by atoms with Gasteiger partial charge in [0.05, 0.1) is 7.11 Å². The Morgan fingerprint density at radius 3 is 2.81 bits per heavy atom. The number of fused-ring (bicyclic) bond motifs is 1. The quantitative estimate of drug-likeness (QED) is 0.769. The predicted octanol–water partition coefficient (Wildman–Crippen LogP) is 3.62. The largest absolute Gasteiger partial charge is 0.497 e. The maximum Gasteiger partial charge on any atom is 0.321 e. The zero-order valence-electron chi connectivity index (χ0n) is 15.6. The van der Waals surface area contributed by atoms with E-state index >= 15 is 0 Å². The minimum absolute atomic E-state index is 0.0768. The summed E-state index contributed by atoms with van der Waals surface area (Å²) in [5.74, 6) is 1.70. The number of aromatic nitrogens is 3. The predicted molar refractivity (Wildman–Crippen MR) is 104 cm³/mol. The molecule has 0 aliphatic carbocycles. The molecule has 4 rings (SSSR count). The second kappa shape index (κ2) is 7.26. The fraction of sp³-hybridized carbons (Fsp3) is 0.350. The van der Waals surface area contributed by atoms with Crippen LogP contribution in [-0.2, 0) is 0 Å². The molecule has 7 heteroatoms. The van der Waals surface area contributed by atoms with Crippen LogP contribution in [0.15, 0.2) is 42.6 Å². The van der Waals surface area contributed by atoms with E-state index in [1.165, 1.54) is 0 Å². The Balaban J connectivity index is 1.42. The number of amides is 2. The van der Waals surface area contributed by atoms with Crippen LogP contribution in [0.4, 0.5) is 10.5 Å². The first-order valence-corrected chi connectivity index (χ1v) is 9.15. The average molecular weight is 365 g/mol. The summed E-state index contributed by atoms with van der Waals surface area (Å²) in [5.41, 5.74) is 2.59. The monoisotopic (exact) mass is 365 g/mol. The van der Waals surface area contributed by atoms with Gasteiger partial charge in [-0.1, -0.05) is 6.07 Å². The maximum absolute atomic E-state index is 12.6. The Morgan fingerprint density at radius 2 is 2.04 bits per heavy atom. The lowest BCUT2D eigenvalue weighted by Gasteiger charge is -2.33. The molecular formula is C20H23N5O2. The van der Waals surface area contributed by atoms with Gasteiger partial charge in [-0.3, -0.25) is 0 Å². The van der Waals surface area contributed by atoms with Gasteiger partial charge in [-0.2, -0.15) is 0 Å². The maximum atomic E-state index is 12.6.